The molecule has 0 saturated carbocycles. The van der Waals surface area contributed by atoms with E-state index in [0.29, 0.717) is 23.0 Å². The van der Waals surface area contributed by atoms with Crippen molar-refractivity contribution in [2.24, 2.45) is 0 Å². The first kappa shape index (κ1) is 19.6. The van der Waals surface area contributed by atoms with Crippen LogP contribution in [0.25, 0.3) is 5.69 Å². The van der Waals surface area contributed by atoms with E-state index in [4.69, 9.17) is 0 Å². The lowest BCUT2D eigenvalue weighted by molar-refractivity contribution is -0.0328. The third kappa shape index (κ3) is 4.24. The highest BCUT2D eigenvalue weighted by atomic mass is 32.2. The fourth-order valence-electron chi connectivity index (χ4n) is 2.70. The smallest absolute Gasteiger partial charge is 0.291 e. The van der Waals surface area contributed by atoms with Gasteiger partial charge in [-0.15, -0.1) is 12.6 Å². The third-order valence-corrected chi connectivity index (χ3v) is 5.42. The van der Waals surface area contributed by atoms with Gasteiger partial charge in [-0.2, -0.15) is 13.2 Å². The van der Waals surface area contributed by atoms with Crippen molar-refractivity contribution in [1.82, 2.24) is 14.1 Å². The van der Waals surface area contributed by atoms with E-state index in [1.807, 2.05) is 13.0 Å². The Morgan fingerprint density at radius 3 is 2.41 bits per heavy atom. The van der Waals surface area contributed by atoms with E-state index < -0.39 is 5.51 Å². The normalized spacial score (nSPS) is 11.8. The molecule has 0 atom stereocenters. The zero-order valence-electron chi connectivity index (χ0n) is 14.5. The van der Waals surface area contributed by atoms with Crippen molar-refractivity contribution < 1.29 is 13.2 Å². The van der Waals surface area contributed by atoms with Gasteiger partial charge in [-0.3, -0.25) is 14.1 Å². The topological polar surface area (TPSA) is 39.8 Å². The molecule has 0 aliphatic heterocycles. The number of aromatic nitrogens is 3. The van der Waals surface area contributed by atoms with Crippen molar-refractivity contribution >= 4 is 24.4 Å². The lowest BCUT2D eigenvalue weighted by Gasteiger charge is -2.08. The van der Waals surface area contributed by atoms with Gasteiger partial charge < -0.3 is 0 Å². The van der Waals surface area contributed by atoms with Crippen molar-refractivity contribution in [3.05, 3.63) is 70.0 Å². The first-order valence-electron chi connectivity index (χ1n) is 7.94. The van der Waals surface area contributed by atoms with Crippen LogP contribution in [-0.2, 0) is 6.54 Å². The third-order valence-electron chi connectivity index (χ3n) is 4.16. The lowest BCUT2D eigenvalue weighted by atomic mass is 10.1. The second-order valence-electron chi connectivity index (χ2n) is 5.96. The number of pyridine rings is 1. The molecule has 27 heavy (non-hydrogen) atoms. The maximum absolute atomic E-state index is 12.9. The van der Waals surface area contributed by atoms with Gasteiger partial charge in [0.15, 0.2) is 0 Å². The number of rotatable bonds is 4. The summed E-state index contributed by atoms with van der Waals surface area (Å²) in [5.41, 5.74) is -1.60. The molecule has 3 rings (SSSR count). The highest BCUT2D eigenvalue weighted by molar-refractivity contribution is 8.00. The van der Waals surface area contributed by atoms with Crippen molar-refractivity contribution in [1.29, 1.82) is 0 Å². The molecule has 0 amide bonds. The summed E-state index contributed by atoms with van der Waals surface area (Å²) in [4.78, 5) is 17.0. The number of imidazole rings is 1. The Kier molecular flexibility index (Phi) is 5.43. The molecule has 0 aliphatic carbocycles. The number of nitrogens with zero attached hydrogens (tertiary/aromatic N) is 3. The molecule has 142 valence electrons. The Hall–Kier alpha value is -2.13. The number of hydrogen-bond acceptors (Lipinski definition) is 4. The molecule has 0 saturated heterocycles. The summed E-state index contributed by atoms with van der Waals surface area (Å²) >= 11 is 4.25. The molecule has 2 heterocycles. The highest BCUT2D eigenvalue weighted by Crippen LogP contribution is 2.37. The molecule has 1 aromatic carbocycles. The molecule has 0 fully saturated rings. The van der Waals surface area contributed by atoms with E-state index in [0.717, 1.165) is 11.1 Å². The molecular weight excluding hydrogens is 395 g/mol. The van der Waals surface area contributed by atoms with E-state index in [1.54, 1.807) is 23.9 Å². The molecule has 0 unspecified atom stereocenters. The molecule has 0 aliphatic rings. The summed E-state index contributed by atoms with van der Waals surface area (Å²) in [6, 6.07) is 7.49. The number of thiol groups is 1. The first-order chi connectivity index (χ1) is 12.7. The number of alkyl halides is 3. The molecule has 0 radical (unpaired) electrons. The Labute approximate surface area is 163 Å². The number of aryl methyl sites for hydroxylation is 1. The minimum absolute atomic E-state index is 0.0589. The Bertz CT molecular complexity index is 1020. The maximum atomic E-state index is 12.9. The molecule has 0 N–H and O–H groups in total. The summed E-state index contributed by atoms with van der Waals surface area (Å²) in [7, 11) is 0. The number of benzene rings is 1. The second kappa shape index (κ2) is 7.47. The van der Waals surface area contributed by atoms with Crippen LogP contribution in [0.1, 0.15) is 16.8 Å². The standard InChI is InChI=1S/C18H16F3N3OS2/c1-11-9-22-8-7-13(11)10-23-12(2)16(26)24(17(23)25)14-3-5-15(6-4-14)27-18(19,20)21/h3-9,26H,10H2,1-2H3. The van der Waals surface area contributed by atoms with Crippen LogP contribution in [0, 0.1) is 13.8 Å². The van der Waals surface area contributed by atoms with Crippen LogP contribution in [0.15, 0.2) is 57.4 Å². The molecule has 3 aromatic rings. The van der Waals surface area contributed by atoms with Crippen molar-refractivity contribution in [2.45, 2.75) is 35.8 Å². The van der Waals surface area contributed by atoms with Crippen molar-refractivity contribution in [2.75, 3.05) is 0 Å². The molecule has 2 aromatic heterocycles. The molecule has 9 heteroatoms. The van der Waals surface area contributed by atoms with E-state index in [9.17, 15) is 18.0 Å². The van der Waals surface area contributed by atoms with Gasteiger partial charge in [0.2, 0.25) is 0 Å². The van der Waals surface area contributed by atoms with Crippen LogP contribution in [-0.4, -0.2) is 19.6 Å². The highest BCUT2D eigenvalue weighted by Gasteiger charge is 2.29. The van der Waals surface area contributed by atoms with Gasteiger partial charge in [-0.05, 0) is 67.1 Å². The van der Waals surface area contributed by atoms with Gasteiger partial charge in [0.25, 0.3) is 0 Å². The Morgan fingerprint density at radius 1 is 1.15 bits per heavy atom. The Balaban J connectivity index is 1.98. The van der Waals surface area contributed by atoms with Gasteiger partial charge in [0, 0.05) is 17.3 Å². The van der Waals surface area contributed by atoms with Gasteiger partial charge in [0.05, 0.1) is 17.9 Å². The van der Waals surface area contributed by atoms with Crippen LogP contribution in [0.3, 0.4) is 0 Å². The second-order valence-corrected chi connectivity index (χ2v) is 7.52. The van der Waals surface area contributed by atoms with E-state index >= 15 is 0 Å². The molecular formula is C18H16F3N3OS2. The van der Waals surface area contributed by atoms with Gasteiger partial charge in [-0.1, -0.05) is 0 Å². The number of hydrogen-bond donors (Lipinski definition) is 1. The summed E-state index contributed by atoms with van der Waals surface area (Å²) in [6.45, 7) is 4.06. The van der Waals surface area contributed by atoms with Crippen molar-refractivity contribution in [3.8, 4) is 5.69 Å². The molecule has 0 bridgehead atoms. The first-order valence-corrected chi connectivity index (χ1v) is 9.20. The van der Waals surface area contributed by atoms with E-state index in [-0.39, 0.29) is 22.3 Å². The van der Waals surface area contributed by atoms with Crippen LogP contribution in [0.5, 0.6) is 0 Å². The molecule has 0 spiro atoms. The average molecular weight is 411 g/mol. The maximum Gasteiger partial charge on any atom is 0.446 e. The zero-order valence-corrected chi connectivity index (χ0v) is 16.2. The Morgan fingerprint density at radius 2 is 1.81 bits per heavy atom. The van der Waals surface area contributed by atoms with Crippen LogP contribution in [0.2, 0.25) is 0 Å². The predicted molar refractivity (Wildman–Crippen MR) is 102 cm³/mol. The van der Waals surface area contributed by atoms with Gasteiger partial charge in [0.1, 0.15) is 5.03 Å². The van der Waals surface area contributed by atoms with Crippen molar-refractivity contribution in [3.63, 3.8) is 0 Å². The SMILES string of the molecule is Cc1cnccc1Cn1c(C)c(S)n(-c2ccc(SC(F)(F)F)cc2)c1=O. The van der Waals surface area contributed by atoms with E-state index in [2.05, 4.69) is 17.6 Å². The molecule has 4 nitrogen and oxygen atoms in total. The quantitative estimate of drug-likeness (QED) is 0.504. The largest absolute Gasteiger partial charge is 0.446 e. The lowest BCUT2D eigenvalue weighted by Crippen LogP contribution is -2.24. The van der Waals surface area contributed by atoms with Crippen LogP contribution < -0.4 is 5.69 Å². The van der Waals surface area contributed by atoms with E-state index in [1.165, 1.54) is 28.8 Å². The minimum atomic E-state index is -4.35. The summed E-state index contributed by atoms with van der Waals surface area (Å²) in [5.74, 6) is 0. The summed E-state index contributed by atoms with van der Waals surface area (Å²) in [5, 5.41) is 0.447. The number of thioether (sulfide) groups is 1. The van der Waals surface area contributed by atoms with Crippen LogP contribution >= 0.6 is 24.4 Å². The summed E-state index contributed by atoms with van der Waals surface area (Å²) < 4.78 is 40.4. The van der Waals surface area contributed by atoms with Gasteiger partial charge in [-0.25, -0.2) is 4.79 Å². The zero-order chi connectivity index (χ0) is 19.8. The summed E-state index contributed by atoms with van der Waals surface area (Å²) in [6.07, 6.45) is 3.39. The fourth-order valence-corrected chi connectivity index (χ4v) is 3.56. The average Bonchev–Trinajstić information content (AvgIpc) is 2.80. The monoisotopic (exact) mass is 411 g/mol. The minimum Gasteiger partial charge on any atom is -0.291 e. The fraction of sp³-hybridized carbons (Fsp3) is 0.222. The number of halogens is 3. The van der Waals surface area contributed by atoms with Crippen LogP contribution in [0.4, 0.5) is 13.2 Å². The van der Waals surface area contributed by atoms with Gasteiger partial charge >= 0.3 is 11.2 Å². The predicted octanol–water partition coefficient (Wildman–Crippen LogP) is 4.60.